The molecule has 2 aromatic rings. The molecule has 0 heterocycles. The molecule has 3 rings (SSSR count). The Balaban J connectivity index is 2.00. The molecule has 0 spiro atoms. The van der Waals surface area contributed by atoms with E-state index in [1.165, 1.54) is 18.2 Å². The number of benzene rings is 2. The summed E-state index contributed by atoms with van der Waals surface area (Å²) in [6, 6.07) is 13.7. The summed E-state index contributed by atoms with van der Waals surface area (Å²) in [5.41, 5.74) is 0.888. The van der Waals surface area contributed by atoms with Crippen LogP contribution in [0.2, 0.25) is 0 Å². The molecule has 1 aliphatic carbocycles. The van der Waals surface area contributed by atoms with Gasteiger partial charge in [0.2, 0.25) is 7.37 Å². The number of rotatable bonds is 6. The van der Waals surface area contributed by atoms with Crippen molar-refractivity contribution in [3.05, 3.63) is 54.1 Å². The number of hydrogen-bond acceptors (Lipinski definition) is 4. The van der Waals surface area contributed by atoms with Crippen LogP contribution in [0.15, 0.2) is 48.5 Å². The fraction of sp³-hybridized carbons (Fsp3) is 0.478. The summed E-state index contributed by atoms with van der Waals surface area (Å²) < 4.78 is 20.6. The predicted molar refractivity (Wildman–Crippen MR) is 113 cm³/mol. The van der Waals surface area contributed by atoms with Gasteiger partial charge in [0.15, 0.2) is 0 Å². The van der Waals surface area contributed by atoms with Gasteiger partial charge in [0.1, 0.15) is 11.5 Å². The Morgan fingerprint density at radius 2 is 1.82 bits per heavy atom. The SMILES string of the molecule is CC(C)[C@@H]1CC[C@@H](C)C[C@H]1OP(=O)(Cc1ccccc1)c1cc(O)ccc1O. The van der Waals surface area contributed by atoms with E-state index in [1.807, 2.05) is 30.3 Å². The van der Waals surface area contributed by atoms with E-state index < -0.39 is 7.37 Å². The normalized spacial score (nSPS) is 24.8. The van der Waals surface area contributed by atoms with Gasteiger partial charge in [0.05, 0.1) is 17.6 Å². The molecule has 0 bridgehead atoms. The summed E-state index contributed by atoms with van der Waals surface area (Å²) in [6.07, 6.45) is 3.14. The lowest BCUT2D eigenvalue weighted by Crippen LogP contribution is -2.34. The quantitative estimate of drug-likeness (QED) is 0.482. The van der Waals surface area contributed by atoms with Gasteiger partial charge in [0.25, 0.3) is 0 Å². The minimum Gasteiger partial charge on any atom is -0.508 e. The van der Waals surface area contributed by atoms with Crippen LogP contribution in [0.5, 0.6) is 11.5 Å². The Morgan fingerprint density at radius 3 is 2.50 bits per heavy atom. The highest BCUT2D eigenvalue weighted by atomic mass is 31.2. The summed E-state index contributed by atoms with van der Waals surface area (Å²) in [4.78, 5) is 0. The summed E-state index contributed by atoms with van der Waals surface area (Å²) >= 11 is 0. The predicted octanol–water partition coefficient (Wildman–Crippen LogP) is 5.68. The van der Waals surface area contributed by atoms with E-state index in [0.717, 1.165) is 24.8 Å². The van der Waals surface area contributed by atoms with Gasteiger partial charge in [-0.15, -0.1) is 0 Å². The van der Waals surface area contributed by atoms with E-state index >= 15 is 0 Å². The van der Waals surface area contributed by atoms with Gasteiger partial charge in [-0.1, -0.05) is 57.5 Å². The molecule has 2 N–H and O–H groups in total. The maximum atomic E-state index is 14.2. The summed E-state index contributed by atoms with van der Waals surface area (Å²) in [5.74, 6) is 1.16. The molecule has 1 aliphatic rings. The molecular formula is C23H31O4P. The molecule has 4 nitrogen and oxygen atoms in total. The first kappa shape index (κ1) is 21.0. The van der Waals surface area contributed by atoms with Gasteiger partial charge in [-0.3, -0.25) is 4.57 Å². The molecule has 1 fully saturated rings. The highest BCUT2D eigenvalue weighted by molar-refractivity contribution is 7.66. The van der Waals surface area contributed by atoms with Gasteiger partial charge >= 0.3 is 0 Å². The number of hydrogen-bond donors (Lipinski definition) is 2. The molecule has 0 aliphatic heterocycles. The van der Waals surface area contributed by atoms with Crippen LogP contribution in [0.25, 0.3) is 0 Å². The first-order chi connectivity index (χ1) is 13.3. The van der Waals surface area contributed by atoms with Crippen molar-refractivity contribution in [2.24, 2.45) is 17.8 Å². The molecule has 0 amide bonds. The van der Waals surface area contributed by atoms with Crippen LogP contribution < -0.4 is 5.30 Å². The van der Waals surface area contributed by atoms with Gasteiger partial charge in [-0.05, 0) is 54.4 Å². The molecule has 1 saturated carbocycles. The van der Waals surface area contributed by atoms with Crippen LogP contribution in [0, 0.1) is 17.8 Å². The van der Waals surface area contributed by atoms with E-state index in [2.05, 4.69) is 20.8 Å². The zero-order valence-corrected chi connectivity index (χ0v) is 17.8. The molecule has 152 valence electrons. The highest BCUT2D eigenvalue weighted by Gasteiger charge is 2.39. The molecule has 2 aromatic carbocycles. The Morgan fingerprint density at radius 1 is 1.11 bits per heavy atom. The fourth-order valence-corrected chi connectivity index (χ4v) is 6.72. The molecule has 4 atom stereocenters. The van der Waals surface area contributed by atoms with Crippen molar-refractivity contribution in [3.8, 4) is 11.5 Å². The molecular weight excluding hydrogens is 371 g/mol. The Kier molecular flexibility index (Phi) is 6.52. The monoisotopic (exact) mass is 402 g/mol. The minimum absolute atomic E-state index is 0.0258. The second kappa shape index (κ2) is 8.71. The van der Waals surface area contributed by atoms with Gasteiger partial charge in [-0.2, -0.15) is 0 Å². The average Bonchev–Trinajstić information content (AvgIpc) is 2.64. The fourth-order valence-electron chi connectivity index (χ4n) is 4.24. The first-order valence-corrected chi connectivity index (χ1v) is 11.9. The van der Waals surface area contributed by atoms with Crippen molar-refractivity contribution in [1.29, 1.82) is 0 Å². The lowest BCUT2D eigenvalue weighted by Gasteiger charge is -2.39. The molecule has 0 saturated heterocycles. The Hall–Kier alpha value is -1.77. The van der Waals surface area contributed by atoms with Crippen LogP contribution in [0.3, 0.4) is 0 Å². The molecule has 5 heteroatoms. The van der Waals surface area contributed by atoms with Gasteiger partial charge in [0, 0.05) is 0 Å². The standard InChI is InChI=1S/C23H31O4P/c1-16(2)20-11-9-17(3)13-22(20)27-28(26,15-18-7-5-4-6-8-18)23-14-19(24)10-12-21(23)25/h4-8,10,12,14,16-17,20,22,24-25H,9,11,13,15H2,1-3H3/t17-,20+,22-,28?/m1/s1. The van der Waals surface area contributed by atoms with Crippen LogP contribution in [0.4, 0.5) is 0 Å². The highest BCUT2D eigenvalue weighted by Crippen LogP contribution is 2.55. The summed E-state index contributed by atoms with van der Waals surface area (Å²) in [6.45, 7) is 6.58. The van der Waals surface area contributed by atoms with Crippen LogP contribution in [-0.4, -0.2) is 16.3 Å². The largest absolute Gasteiger partial charge is 0.508 e. The third-order valence-corrected chi connectivity index (χ3v) is 8.31. The summed E-state index contributed by atoms with van der Waals surface area (Å²) in [5, 5.41) is 20.6. The molecule has 0 radical (unpaired) electrons. The second-order valence-corrected chi connectivity index (χ2v) is 10.8. The number of phenols is 2. The zero-order valence-electron chi connectivity index (χ0n) is 16.9. The van der Waals surface area contributed by atoms with E-state index in [4.69, 9.17) is 4.52 Å². The van der Waals surface area contributed by atoms with E-state index in [1.54, 1.807) is 0 Å². The van der Waals surface area contributed by atoms with Crippen LogP contribution in [0.1, 0.15) is 45.6 Å². The number of aromatic hydroxyl groups is 2. The van der Waals surface area contributed by atoms with Gasteiger partial charge < -0.3 is 14.7 Å². The van der Waals surface area contributed by atoms with E-state index in [0.29, 0.717) is 17.8 Å². The van der Waals surface area contributed by atoms with Crippen molar-refractivity contribution in [2.75, 3.05) is 0 Å². The zero-order chi connectivity index (χ0) is 20.3. The van der Waals surface area contributed by atoms with Crippen molar-refractivity contribution < 1.29 is 19.3 Å². The minimum atomic E-state index is -3.44. The van der Waals surface area contributed by atoms with Crippen molar-refractivity contribution in [1.82, 2.24) is 0 Å². The van der Waals surface area contributed by atoms with Gasteiger partial charge in [-0.25, -0.2) is 0 Å². The maximum Gasteiger partial charge on any atom is 0.240 e. The topological polar surface area (TPSA) is 66.8 Å². The van der Waals surface area contributed by atoms with Crippen molar-refractivity contribution in [2.45, 2.75) is 52.3 Å². The van der Waals surface area contributed by atoms with Crippen LogP contribution in [-0.2, 0) is 15.3 Å². The maximum absolute atomic E-state index is 14.2. The summed E-state index contributed by atoms with van der Waals surface area (Å²) in [7, 11) is -3.44. The third-order valence-electron chi connectivity index (χ3n) is 5.83. The Labute approximate surface area is 168 Å². The Bertz CT molecular complexity index is 834. The molecule has 28 heavy (non-hydrogen) atoms. The van der Waals surface area contributed by atoms with E-state index in [-0.39, 0.29) is 29.1 Å². The second-order valence-electron chi connectivity index (χ2n) is 8.46. The third kappa shape index (κ3) is 4.79. The smallest absolute Gasteiger partial charge is 0.240 e. The first-order valence-electron chi connectivity index (χ1n) is 10.1. The number of phenolic OH excluding ortho intramolecular Hbond substituents is 2. The van der Waals surface area contributed by atoms with E-state index in [9.17, 15) is 14.8 Å². The molecule has 0 aromatic heterocycles. The van der Waals surface area contributed by atoms with Crippen LogP contribution >= 0.6 is 7.37 Å². The van der Waals surface area contributed by atoms with Crippen molar-refractivity contribution in [3.63, 3.8) is 0 Å². The lowest BCUT2D eigenvalue weighted by molar-refractivity contribution is 0.0495. The molecule has 1 unspecified atom stereocenters. The lowest BCUT2D eigenvalue weighted by atomic mass is 9.75. The van der Waals surface area contributed by atoms with Crippen molar-refractivity contribution >= 4 is 12.7 Å². The average molecular weight is 402 g/mol.